The summed E-state index contributed by atoms with van der Waals surface area (Å²) in [5.74, 6) is 0.422. The van der Waals surface area contributed by atoms with Gasteiger partial charge in [0.1, 0.15) is 12.0 Å². The van der Waals surface area contributed by atoms with Crippen LogP contribution in [0.5, 0.6) is 0 Å². The number of furan rings is 1. The van der Waals surface area contributed by atoms with Crippen molar-refractivity contribution in [2.24, 2.45) is 5.92 Å². The first-order valence-electron chi connectivity index (χ1n) is 7.19. The average Bonchev–Trinajstić information content (AvgIpc) is 3.13. The van der Waals surface area contributed by atoms with Crippen molar-refractivity contribution in [3.8, 4) is 0 Å². The molecule has 110 valence electrons. The maximum absolute atomic E-state index is 12.4. The number of hydrogen-bond acceptors (Lipinski definition) is 4. The molecule has 2 aliphatic rings. The molecule has 1 N–H and O–H groups in total. The maximum Gasteiger partial charge on any atom is 0.270 e. The molecule has 2 bridgehead atoms. The summed E-state index contributed by atoms with van der Waals surface area (Å²) in [6.07, 6.45) is 4.16. The van der Waals surface area contributed by atoms with Crippen molar-refractivity contribution < 1.29 is 9.21 Å². The Hall–Kier alpha value is -1.59. The van der Waals surface area contributed by atoms with Crippen LogP contribution in [-0.2, 0) is 0 Å². The number of amides is 1. The van der Waals surface area contributed by atoms with Crippen LogP contribution < -0.4 is 5.32 Å². The van der Waals surface area contributed by atoms with Crippen LogP contribution in [0, 0.1) is 5.92 Å². The number of nitrogens with zero attached hydrogens (tertiary/aromatic N) is 2. The minimum atomic E-state index is -0.138. The van der Waals surface area contributed by atoms with Crippen molar-refractivity contribution in [3.63, 3.8) is 0 Å². The smallest absolute Gasteiger partial charge is 0.270 e. The quantitative estimate of drug-likeness (QED) is 0.925. The molecule has 4 heterocycles. The SMILES string of the molecule is CC1CC2CN1CC2NC(=O)c1cc2c(Cl)coc2cn1. The Labute approximate surface area is 127 Å². The van der Waals surface area contributed by atoms with Crippen molar-refractivity contribution in [2.45, 2.75) is 25.4 Å². The van der Waals surface area contributed by atoms with E-state index < -0.39 is 0 Å². The molecule has 2 aliphatic heterocycles. The van der Waals surface area contributed by atoms with E-state index in [1.807, 2.05) is 0 Å². The number of aromatic nitrogens is 1. The highest BCUT2D eigenvalue weighted by Gasteiger charge is 2.42. The Morgan fingerprint density at radius 2 is 2.38 bits per heavy atom. The predicted octanol–water partition coefficient (Wildman–Crippen LogP) is 2.30. The van der Waals surface area contributed by atoms with Crippen LogP contribution in [0.1, 0.15) is 23.8 Å². The van der Waals surface area contributed by atoms with E-state index in [0.29, 0.717) is 28.3 Å². The first-order valence-corrected chi connectivity index (χ1v) is 7.57. The second-order valence-corrected chi connectivity index (χ2v) is 6.44. The van der Waals surface area contributed by atoms with E-state index in [9.17, 15) is 4.79 Å². The molecule has 1 amide bonds. The number of carbonyl (C=O) groups excluding carboxylic acids is 1. The Morgan fingerprint density at radius 3 is 3.10 bits per heavy atom. The summed E-state index contributed by atoms with van der Waals surface area (Å²) >= 11 is 6.03. The van der Waals surface area contributed by atoms with Gasteiger partial charge in [-0.05, 0) is 25.3 Å². The lowest BCUT2D eigenvalue weighted by molar-refractivity contribution is 0.0914. The van der Waals surface area contributed by atoms with Gasteiger partial charge in [0.05, 0.1) is 11.2 Å². The predicted molar refractivity (Wildman–Crippen MR) is 79.4 cm³/mol. The van der Waals surface area contributed by atoms with Gasteiger partial charge in [-0.2, -0.15) is 0 Å². The second-order valence-electron chi connectivity index (χ2n) is 6.03. The highest BCUT2D eigenvalue weighted by Crippen LogP contribution is 2.33. The van der Waals surface area contributed by atoms with Crippen LogP contribution in [-0.4, -0.2) is 41.0 Å². The van der Waals surface area contributed by atoms with E-state index >= 15 is 0 Å². The third-order valence-electron chi connectivity index (χ3n) is 4.70. The minimum Gasteiger partial charge on any atom is -0.461 e. The lowest BCUT2D eigenvalue weighted by atomic mass is 9.96. The van der Waals surface area contributed by atoms with Crippen molar-refractivity contribution in [2.75, 3.05) is 13.1 Å². The molecule has 0 saturated carbocycles. The van der Waals surface area contributed by atoms with Gasteiger partial charge in [-0.3, -0.25) is 9.69 Å². The van der Waals surface area contributed by atoms with Gasteiger partial charge < -0.3 is 9.73 Å². The molecule has 0 radical (unpaired) electrons. The molecule has 2 saturated heterocycles. The van der Waals surface area contributed by atoms with Crippen LogP contribution in [0.2, 0.25) is 5.02 Å². The molecule has 21 heavy (non-hydrogen) atoms. The number of hydrogen-bond donors (Lipinski definition) is 1. The van der Waals surface area contributed by atoms with Gasteiger partial charge in [0, 0.05) is 30.6 Å². The molecule has 0 aliphatic carbocycles. The van der Waals surface area contributed by atoms with Gasteiger partial charge in [0.25, 0.3) is 5.91 Å². The normalized spacial score (nSPS) is 31.0. The van der Waals surface area contributed by atoms with Gasteiger partial charge in [-0.1, -0.05) is 11.6 Å². The van der Waals surface area contributed by atoms with E-state index in [1.165, 1.54) is 6.26 Å². The topological polar surface area (TPSA) is 58.4 Å². The molecule has 5 nitrogen and oxygen atoms in total. The molecule has 2 aromatic rings. The monoisotopic (exact) mass is 305 g/mol. The molecule has 4 atom stereocenters. The zero-order valence-electron chi connectivity index (χ0n) is 11.7. The van der Waals surface area contributed by atoms with E-state index in [0.717, 1.165) is 24.9 Å². The Balaban J connectivity index is 1.53. The fraction of sp³-hybridized carbons (Fsp3) is 0.467. The van der Waals surface area contributed by atoms with E-state index in [1.54, 1.807) is 12.3 Å². The summed E-state index contributed by atoms with van der Waals surface area (Å²) in [6.45, 7) is 4.27. The largest absolute Gasteiger partial charge is 0.461 e. The number of piperidine rings is 1. The van der Waals surface area contributed by atoms with Crippen LogP contribution in [0.15, 0.2) is 22.9 Å². The number of halogens is 1. The second kappa shape index (κ2) is 4.71. The van der Waals surface area contributed by atoms with E-state index in [4.69, 9.17) is 16.0 Å². The summed E-state index contributed by atoms with van der Waals surface area (Å²) in [5, 5.41) is 4.33. The highest BCUT2D eigenvalue weighted by molar-refractivity contribution is 6.35. The number of pyridine rings is 1. The third-order valence-corrected chi connectivity index (χ3v) is 4.99. The summed E-state index contributed by atoms with van der Waals surface area (Å²) < 4.78 is 5.24. The van der Waals surface area contributed by atoms with Crippen molar-refractivity contribution >= 4 is 28.5 Å². The van der Waals surface area contributed by atoms with Gasteiger partial charge >= 0.3 is 0 Å². The van der Waals surface area contributed by atoms with Crippen molar-refractivity contribution in [1.29, 1.82) is 0 Å². The standard InChI is InChI=1S/C15H16ClN3O2/c1-8-2-9-5-19(8)6-13(9)18-15(20)12-3-10-11(16)7-21-14(10)4-17-12/h3-4,7-9,13H,2,5-6H2,1H3,(H,18,20). The zero-order valence-corrected chi connectivity index (χ0v) is 12.4. The van der Waals surface area contributed by atoms with Crippen molar-refractivity contribution in [1.82, 2.24) is 15.2 Å². The lowest BCUT2D eigenvalue weighted by Crippen LogP contribution is -2.45. The average molecular weight is 306 g/mol. The van der Waals surface area contributed by atoms with Crippen LogP contribution in [0.25, 0.3) is 11.0 Å². The van der Waals surface area contributed by atoms with Gasteiger partial charge in [-0.25, -0.2) is 4.98 Å². The Bertz CT molecular complexity index is 712. The summed E-state index contributed by atoms with van der Waals surface area (Å²) in [4.78, 5) is 19.0. The summed E-state index contributed by atoms with van der Waals surface area (Å²) in [6, 6.07) is 2.56. The molecular weight excluding hydrogens is 290 g/mol. The Kier molecular flexibility index (Phi) is 2.94. The van der Waals surface area contributed by atoms with Crippen LogP contribution in [0.4, 0.5) is 0 Å². The number of rotatable bonds is 2. The summed E-state index contributed by atoms with van der Waals surface area (Å²) in [7, 11) is 0. The van der Waals surface area contributed by atoms with Crippen LogP contribution in [0.3, 0.4) is 0 Å². The van der Waals surface area contributed by atoms with Gasteiger partial charge in [0.2, 0.25) is 0 Å². The Morgan fingerprint density at radius 1 is 1.52 bits per heavy atom. The molecule has 2 fully saturated rings. The highest BCUT2D eigenvalue weighted by atomic mass is 35.5. The number of carbonyl (C=O) groups is 1. The summed E-state index contributed by atoms with van der Waals surface area (Å²) in [5.41, 5.74) is 0.980. The third kappa shape index (κ3) is 2.12. The first kappa shape index (κ1) is 13.1. The number of fused-ring (bicyclic) bond motifs is 3. The molecule has 6 heteroatoms. The lowest BCUT2D eigenvalue weighted by Gasteiger charge is -2.27. The molecule has 2 aromatic heterocycles. The van der Waals surface area contributed by atoms with Gasteiger partial charge in [-0.15, -0.1) is 0 Å². The zero-order chi connectivity index (χ0) is 14.6. The van der Waals surface area contributed by atoms with E-state index in [2.05, 4.69) is 22.1 Å². The fourth-order valence-corrected chi connectivity index (χ4v) is 3.71. The first-order chi connectivity index (χ1) is 10.1. The molecule has 0 spiro atoms. The van der Waals surface area contributed by atoms with Crippen molar-refractivity contribution in [3.05, 3.63) is 29.2 Å². The molecule has 4 rings (SSSR count). The van der Waals surface area contributed by atoms with Crippen LogP contribution >= 0.6 is 11.6 Å². The van der Waals surface area contributed by atoms with E-state index in [-0.39, 0.29) is 11.9 Å². The molecule has 0 aromatic carbocycles. The van der Waals surface area contributed by atoms with Gasteiger partial charge in [0.15, 0.2) is 5.58 Å². The molecular formula is C15H16ClN3O2. The fourth-order valence-electron chi connectivity index (χ4n) is 3.52. The molecule has 4 unspecified atom stereocenters. The number of nitrogens with one attached hydrogen (secondary N) is 1. The maximum atomic E-state index is 12.4. The minimum absolute atomic E-state index is 0.138.